The average Bonchev–Trinajstić information content (AvgIpc) is 2.68. The van der Waals surface area contributed by atoms with E-state index in [0.717, 1.165) is 43.2 Å². The maximum absolute atomic E-state index is 12.2. The number of halogens is 1. The normalized spacial score (nSPS) is 14.8. The number of hydrogen-bond donors (Lipinski definition) is 1. The second-order valence-electron chi connectivity index (χ2n) is 6.57. The predicted octanol–water partition coefficient (Wildman–Crippen LogP) is 3.18. The molecule has 5 nitrogen and oxygen atoms in total. The van der Waals surface area contributed by atoms with Crippen molar-refractivity contribution in [3.05, 3.63) is 59.1 Å². The summed E-state index contributed by atoms with van der Waals surface area (Å²) in [5, 5.41) is 3.65. The molecule has 0 aromatic heterocycles. The first-order valence-corrected chi connectivity index (χ1v) is 9.74. The van der Waals surface area contributed by atoms with Gasteiger partial charge in [0.25, 0.3) is 0 Å². The zero-order valence-corrected chi connectivity index (χ0v) is 16.4. The van der Waals surface area contributed by atoms with Gasteiger partial charge in [-0.3, -0.25) is 9.69 Å². The van der Waals surface area contributed by atoms with Crippen LogP contribution in [0.25, 0.3) is 0 Å². The zero-order valence-electron chi connectivity index (χ0n) is 15.7. The van der Waals surface area contributed by atoms with Crippen LogP contribution < -0.4 is 15.0 Å². The molecule has 1 fully saturated rings. The molecule has 0 aliphatic carbocycles. The van der Waals surface area contributed by atoms with Gasteiger partial charge in [0.1, 0.15) is 5.75 Å². The number of carbonyl (C=O) groups excluding carboxylic acids is 1. The van der Waals surface area contributed by atoms with Gasteiger partial charge in [-0.25, -0.2) is 0 Å². The summed E-state index contributed by atoms with van der Waals surface area (Å²) in [5.41, 5.74) is 2.14. The molecule has 1 amide bonds. The lowest BCUT2D eigenvalue weighted by molar-refractivity contribution is -0.122. The molecule has 0 unspecified atom stereocenters. The maximum atomic E-state index is 12.2. The summed E-state index contributed by atoms with van der Waals surface area (Å²) in [6.45, 7) is 7.04. The summed E-state index contributed by atoms with van der Waals surface area (Å²) in [7, 11) is 0. The Kier molecular flexibility index (Phi) is 6.96. The highest BCUT2D eigenvalue weighted by molar-refractivity contribution is 6.30. The van der Waals surface area contributed by atoms with E-state index in [1.807, 2.05) is 49.4 Å². The van der Waals surface area contributed by atoms with E-state index in [-0.39, 0.29) is 5.91 Å². The first-order valence-electron chi connectivity index (χ1n) is 9.36. The molecule has 3 rings (SSSR count). The van der Waals surface area contributed by atoms with Gasteiger partial charge in [0.15, 0.2) is 0 Å². The molecule has 0 spiro atoms. The highest BCUT2D eigenvalue weighted by Gasteiger charge is 2.21. The second-order valence-corrected chi connectivity index (χ2v) is 7.01. The number of carbonyl (C=O) groups is 1. The fourth-order valence-electron chi connectivity index (χ4n) is 3.25. The third-order valence-electron chi connectivity index (χ3n) is 4.62. The molecule has 1 aliphatic heterocycles. The Bertz CT molecular complexity index is 761. The van der Waals surface area contributed by atoms with Crippen molar-refractivity contribution in [3.63, 3.8) is 0 Å². The molecule has 2 aromatic rings. The molecular formula is C21H26ClN3O2. The number of ether oxygens (including phenoxy) is 1. The molecule has 1 aliphatic rings. The molecule has 0 atom stereocenters. The van der Waals surface area contributed by atoms with Gasteiger partial charge in [0.05, 0.1) is 18.8 Å². The molecule has 0 radical (unpaired) electrons. The lowest BCUT2D eigenvalue weighted by Crippen LogP contribution is -2.49. The predicted molar refractivity (Wildman–Crippen MR) is 110 cm³/mol. The molecular weight excluding hydrogens is 362 g/mol. The van der Waals surface area contributed by atoms with E-state index in [9.17, 15) is 4.79 Å². The Morgan fingerprint density at radius 2 is 1.89 bits per heavy atom. The third kappa shape index (κ3) is 5.62. The number of hydrogen-bond acceptors (Lipinski definition) is 4. The quantitative estimate of drug-likeness (QED) is 0.792. The fraction of sp³-hybridized carbons (Fsp3) is 0.381. The van der Waals surface area contributed by atoms with Crippen molar-refractivity contribution in [2.75, 3.05) is 44.2 Å². The lowest BCUT2D eigenvalue weighted by atomic mass is 10.2. The average molecular weight is 388 g/mol. The van der Waals surface area contributed by atoms with Crippen molar-refractivity contribution in [2.24, 2.45) is 0 Å². The van der Waals surface area contributed by atoms with Crippen LogP contribution in [0.2, 0.25) is 5.02 Å². The molecule has 144 valence electrons. The first-order chi connectivity index (χ1) is 13.2. The van der Waals surface area contributed by atoms with Crippen molar-refractivity contribution in [1.82, 2.24) is 10.2 Å². The molecule has 1 heterocycles. The van der Waals surface area contributed by atoms with Gasteiger partial charge in [-0.15, -0.1) is 0 Å². The van der Waals surface area contributed by atoms with Gasteiger partial charge in [0, 0.05) is 37.7 Å². The van der Waals surface area contributed by atoms with Crippen LogP contribution in [0, 0.1) is 0 Å². The smallest absolute Gasteiger partial charge is 0.234 e. The minimum Gasteiger partial charge on any atom is -0.492 e. The van der Waals surface area contributed by atoms with Gasteiger partial charge < -0.3 is 15.0 Å². The summed E-state index contributed by atoms with van der Waals surface area (Å²) in [6, 6.07) is 15.7. The van der Waals surface area contributed by atoms with Crippen LogP contribution in [0.15, 0.2) is 48.5 Å². The van der Waals surface area contributed by atoms with Gasteiger partial charge in [-0.1, -0.05) is 35.9 Å². The number of nitrogens with zero attached hydrogens (tertiary/aromatic N) is 2. The standard InChI is InChI=1S/C21H26ClN3O2/c1-2-27-20-9-4-3-8-19(20)25-12-10-24(11-13-25)16-21(26)23-15-17-6-5-7-18(22)14-17/h3-9,14H,2,10-13,15-16H2,1H3,(H,23,26). The molecule has 6 heteroatoms. The van der Waals surface area contributed by atoms with Crippen molar-refractivity contribution < 1.29 is 9.53 Å². The summed E-state index contributed by atoms with van der Waals surface area (Å²) < 4.78 is 5.74. The van der Waals surface area contributed by atoms with Crippen LogP contribution >= 0.6 is 11.6 Å². The molecule has 2 aromatic carbocycles. The van der Waals surface area contributed by atoms with Crippen molar-refractivity contribution in [2.45, 2.75) is 13.5 Å². The summed E-state index contributed by atoms with van der Waals surface area (Å²) in [6.07, 6.45) is 0. The van der Waals surface area contributed by atoms with Crippen LogP contribution in [0.1, 0.15) is 12.5 Å². The Morgan fingerprint density at radius 3 is 2.63 bits per heavy atom. The SMILES string of the molecule is CCOc1ccccc1N1CCN(CC(=O)NCc2cccc(Cl)c2)CC1. The van der Waals surface area contributed by atoms with Crippen LogP contribution in [-0.2, 0) is 11.3 Å². The van der Waals surface area contributed by atoms with Gasteiger partial charge in [-0.2, -0.15) is 0 Å². The number of amides is 1. The monoisotopic (exact) mass is 387 g/mol. The second kappa shape index (κ2) is 9.62. The van der Waals surface area contributed by atoms with E-state index < -0.39 is 0 Å². The number of benzene rings is 2. The van der Waals surface area contributed by atoms with E-state index in [1.54, 1.807) is 0 Å². The number of para-hydroxylation sites is 2. The molecule has 0 bridgehead atoms. The summed E-state index contributed by atoms with van der Waals surface area (Å²) >= 11 is 5.98. The minimum absolute atomic E-state index is 0.0399. The fourth-order valence-corrected chi connectivity index (χ4v) is 3.46. The van der Waals surface area contributed by atoms with E-state index in [1.165, 1.54) is 0 Å². The largest absolute Gasteiger partial charge is 0.492 e. The number of anilines is 1. The number of nitrogens with one attached hydrogen (secondary N) is 1. The highest BCUT2D eigenvalue weighted by Crippen LogP contribution is 2.28. The van der Waals surface area contributed by atoms with Crippen LogP contribution in [0.3, 0.4) is 0 Å². The Hall–Kier alpha value is -2.24. The van der Waals surface area contributed by atoms with E-state index in [2.05, 4.69) is 21.2 Å². The van der Waals surface area contributed by atoms with E-state index >= 15 is 0 Å². The van der Waals surface area contributed by atoms with Crippen LogP contribution in [-0.4, -0.2) is 50.1 Å². The molecule has 1 saturated heterocycles. The Morgan fingerprint density at radius 1 is 1.11 bits per heavy atom. The maximum Gasteiger partial charge on any atom is 0.234 e. The number of piperazine rings is 1. The van der Waals surface area contributed by atoms with Crippen molar-refractivity contribution >= 4 is 23.2 Å². The van der Waals surface area contributed by atoms with E-state index in [0.29, 0.717) is 24.7 Å². The van der Waals surface area contributed by atoms with Crippen LogP contribution in [0.4, 0.5) is 5.69 Å². The van der Waals surface area contributed by atoms with Crippen LogP contribution in [0.5, 0.6) is 5.75 Å². The minimum atomic E-state index is 0.0399. The molecule has 27 heavy (non-hydrogen) atoms. The molecule has 1 N–H and O–H groups in total. The zero-order chi connectivity index (χ0) is 19.1. The highest BCUT2D eigenvalue weighted by atomic mass is 35.5. The van der Waals surface area contributed by atoms with E-state index in [4.69, 9.17) is 16.3 Å². The Labute approximate surface area is 165 Å². The topological polar surface area (TPSA) is 44.8 Å². The number of rotatable bonds is 7. The first kappa shape index (κ1) is 19.5. The van der Waals surface area contributed by atoms with Gasteiger partial charge >= 0.3 is 0 Å². The van der Waals surface area contributed by atoms with Crippen molar-refractivity contribution in [1.29, 1.82) is 0 Å². The molecule has 0 saturated carbocycles. The Balaban J connectivity index is 1.46. The summed E-state index contributed by atoms with van der Waals surface area (Å²) in [4.78, 5) is 16.8. The van der Waals surface area contributed by atoms with Gasteiger partial charge in [0.2, 0.25) is 5.91 Å². The third-order valence-corrected chi connectivity index (χ3v) is 4.86. The van der Waals surface area contributed by atoms with Crippen molar-refractivity contribution in [3.8, 4) is 5.75 Å². The summed E-state index contributed by atoms with van der Waals surface area (Å²) in [5.74, 6) is 0.964. The lowest BCUT2D eigenvalue weighted by Gasteiger charge is -2.36. The van der Waals surface area contributed by atoms with Gasteiger partial charge in [-0.05, 0) is 36.8 Å².